The molecule has 2 amide bonds. The Balaban J connectivity index is 2.61. The molecule has 2 atom stereocenters. The molecule has 1 aromatic rings. The smallest absolute Gasteiger partial charge is 0.253 e. The normalized spacial score (nSPS) is 26.0. The number of halogens is 2. The van der Waals surface area contributed by atoms with E-state index in [4.69, 9.17) is 0 Å². The lowest BCUT2D eigenvalue weighted by molar-refractivity contribution is -0.138. The summed E-state index contributed by atoms with van der Waals surface area (Å²) in [4.78, 5) is 25.8. The first kappa shape index (κ1) is 15.4. The molecule has 0 aliphatic carbocycles. The maximum Gasteiger partial charge on any atom is 0.253 e. The van der Waals surface area contributed by atoms with E-state index >= 15 is 0 Å². The molecule has 2 rings (SSSR count). The molecule has 0 spiro atoms. The maximum absolute atomic E-state index is 14.0. The number of benzene rings is 1. The van der Waals surface area contributed by atoms with Crippen molar-refractivity contribution in [1.29, 1.82) is 0 Å². The van der Waals surface area contributed by atoms with Crippen LogP contribution >= 0.6 is 0 Å². The number of hydrogen-bond donors (Lipinski definition) is 1. The summed E-state index contributed by atoms with van der Waals surface area (Å²) in [6.45, 7) is 4.99. The van der Waals surface area contributed by atoms with Crippen LogP contribution in [-0.4, -0.2) is 23.4 Å². The van der Waals surface area contributed by atoms with Gasteiger partial charge in [0.2, 0.25) is 5.91 Å². The molecule has 114 valence electrons. The first-order chi connectivity index (χ1) is 9.85. The van der Waals surface area contributed by atoms with Gasteiger partial charge in [-0.1, -0.05) is 19.9 Å². The van der Waals surface area contributed by atoms with Crippen molar-refractivity contribution in [3.05, 3.63) is 29.8 Å². The minimum Gasteiger partial charge on any atom is -0.340 e. The van der Waals surface area contributed by atoms with Crippen molar-refractivity contribution in [3.63, 3.8) is 0 Å². The lowest BCUT2D eigenvalue weighted by Gasteiger charge is -2.43. The van der Waals surface area contributed by atoms with Crippen LogP contribution in [0.15, 0.2) is 18.2 Å². The highest BCUT2D eigenvalue weighted by Gasteiger charge is 2.48. The lowest BCUT2D eigenvalue weighted by atomic mass is 9.90. The topological polar surface area (TPSA) is 49.4 Å². The van der Waals surface area contributed by atoms with Crippen LogP contribution in [0, 0.1) is 11.6 Å². The Morgan fingerprint density at radius 3 is 2.29 bits per heavy atom. The van der Waals surface area contributed by atoms with Gasteiger partial charge in [-0.2, -0.15) is 0 Å². The van der Waals surface area contributed by atoms with Crippen molar-refractivity contribution in [2.24, 2.45) is 0 Å². The van der Waals surface area contributed by atoms with Crippen molar-refractivity contribution in [2.45, 2.75) is 45.2 Å². The maximum atomic E-state index is 14.0. The fourth-order valence-electron chi connectivity index (χ4n) is 2.52. The van der Waals surface area contributed by atoms with Gasteiger partial charge in [-0.25, -0.2) is 8.78 Å². The van der Waals surface area contributed by atoms with Gasteiger partial charge in [-0.05, 0) is 31.9 Å². The van der Waals surface area contributed by atoms with E-state index in [-0.39, 0.29) is 6.42 Å². The molecule has 0 saturated carbocycles. The predicted molar refractivity (Wildman–Crippen MR) is 74.8 cm³/mol. The average molecular weight is 296 g/mol. The van der Waals surface area contributed by atoms with Crippen LogP contribution in [0.3, 0.4) is 0 Å². The number of para-hydroxylation sites is 1. The molecule has 1 aromatic carbocycles. The molecule has 2 unspecified atom stereocenters. The molecule has 1 heterocycles. The van der Waals surface area contributed by atoms with Crippen LogP contribution in [0.4, 0.5) is 14.5 Å². The van der Waals surface area contributed by atoms with Crippen LogP contribution in [0.5, 0.6) is 0 Å². The summed E-state index contributed by atoms with van der Waals surface area (Å²) in [6, 6.07) is 2.47. The molecule has 1 aliphatic rings. The molecule has 6 heteroatoms. The van der Waals surface area contributed by atoms with Crippen molar-refractivity contribution in [1.82, 2.24) is 5.32 Å². The summed E-state index contributed by atoms with van der Waals surface area (Å²) in [6.07, 6.45) is 0.603. The molecule has 21 heavy (non-hydrogen) atoms. The molecular formula is C15H18F2N2O2. The Hall–Kier alpha value is -1.98. The number of carbonyl (C=O) groups excluding carboxylic acids is 2. The summed E-state index contributed by atoms with van der Waals surface area (Å²) >= 11 is 0. The van der Waals surface area contributed by atoms with Gasteiger partial charge in [0, 0.05) is 0 Å². The number of anilines is 1. The van der Waals surface area contributed by atoms with Gasteiger partial charge in [0.1, 0.15) is 28.9 Å². The zero-order chi connectivity index (χ0) is 15.8. The van der Waals surface area contributed by atoms with Crippen molar-refractivity contribution >= 4 is 17.5 Å². The number of piperazine rings is 1. The number of nitrogens with zero attached hydrogens (tertiary/aromatic N) is 1. The van der Waals surface area contributed by atoms with Crippen LogP contribution in [0.2, 0.25) is 0 Å². The molecule has 1 fully saturated rings. The molecule has 4 nitrogen and oxygen atoms in total. The Bertz CT molecular complexity index is 571. The third-order valence-electron chi connectivity index (χ3n) is 3.98. The number of amides is 2. The summed E-state index contributed by atoms with van der Waals surface area (Å²) in [7, 11) is 0. The average Bonchev–Trinajstić information content (AvgIpc) is 2.44. The highest BCUT2D eigenvalue weighted by molar-refractivity contribution is 6.10. The molecule has 1 saturated heterocycles. The third-order valence-corrected chi connectivity index (χ3v) is 3.98. The van der Waals surface area contributed by atoms with Gasteiger partial charge in [-0.15, -0.1) is 0 Å². The van der Waals surface area contributed by atoms with Crippen molar-refractivity contribution in [2.75, 3.05) is 4.90 Å². The Labute approximate surface area is 122 Å². The summed E-state index contributed by atoms with van der Waals surface area (Å²) in [5.41, 5.74) is -1.61. The summed E-state index contributed by atoms with van der Waals surface area (Å²) < 4.78 is 28.1. The first-order valence-corrected chi connectivity index (χ1v) is 6.95. The molecule has 1 aliphatic heterocycles. The van der Waals surface area contributed by atoms with Gasteiger partial charge >= 0.3 is 0 Å². The highest BCUT2D eigenvalue weighted by atomic mass is 19.1. The van der Waals surface area contributed by atoms with E-state index in [9.17, 15) is 18.4 Å². The molecule has 0 bridgehead atoms. The standard InChI is InChI=1S/C15H18F2N2O2/c1-4-11-13(20)18-15(3,5-2)14(21)19(11)12-9(16)7-6-8-10(12)17/h6-8,11H,4-5H2,1-3H3,(H,18,20). The van der Waals surface area contributed by atoms with Gasteiger partial charge in [0.15, 0.2) is 0 Å². The number of nitrogens with one attached hydrogen (secondary N) is 1. The number of rotatable bonds is 3. The summed E-state index contributed by atoms with van der Waals surface area (Å²) in [5, 5.41) is 2.66. The highest BCUT2D eigenvalue weighted by Crippen LogP contribution is 2.32. The fourth-order valence-corrected chi connectivity index (χ4v) is 2.52. The Kier molecular flexibility index (Phi) is 3.98. The molecular weight excluding hydrogens is 278 g/mol. The van der Waals surface area contributed by atoms with Crippen molar-refractivity contribution in [3.8, 4) is 0 Å². The number of hydrogen-bond acceptors (Lipinski definition) is 2. The van der Waals surface area contributed by atoms with E-state index in [1.807, 2.05) is 0 Å². The van der Waals surface area contributed by atoms with E-state index in [2.05, 4.69) is 5.32 Å². The quantitative estimate of drug-likeness (QED) is 0.931. The van der Waals surface area contributed by atoms with E-state index in [1.165, 1.54) is 6.07 Å². The third kappa shape index (κ3) is 2.39. The SMILES string of the molecule is CCC1C(=O)NC(C)(CC)C(=O)N1c1c(F)cccc1F. The van der Waals surface area contributed by atoms with E-state index in [0.29, 0.717) is 6.42 Å². The van der Waals surface area contributed by atoms with Gasteiger partial charge in [0.05, 0.1) is 0 Å². The number of carbonyl (C=O) groups is 2. The van der Waals surface area contributed by atoms with Gasteiger partial charge in [-0.3, -0.25) is 14.5 Å². The zero-order valence-corrected chi connectivity index (χ0v) is 12.2. The largest absolute Gasteiger partial charge is 0.340 e. The zero-order valence-electron chi connectivity index (χ0n) is 12.2. The monoisotopic (exact) mass is 296 g/mol. The molecule has 0 radical (unpaired) electrons. The second kappa shape index (κ2) is 5.42. The summed E-state index contributed by atoms with van der Waals surface area (Å²) in [5.74, 6) is -2.60. The lowest BCUT2D eigenvalue weighted by Crippen LogP contribution is -2.69. The Morgan fingerprint density at radius 2 is 1.81 bits per heavy atom. The van der Waals surface area contributed by atoms with Crippen LogP contribution in [0.1, 0.15) is 33.6 Å². The van der Waals surface area contributed by atoms with Crippen LogP contribution in [-0.2, 0) is 9.59 Å². The van der Waals surface area contributed by atoms with E-state index in [1.54, 1.807) is 20.8 Å². The molecule has 1 N–H and O–H groups in total. The second-order valence-corrected chi connectivity index (χ2v) is 5.34. The second-order valence-electron chi connectivity index (χ2n) is 5.34. The van der Waals surface area contributed by atoms with E-state index in [0.717, 1.165) is 17.0 Å². The first-order valence-electron chi connectivity index (χ1n) is 6.95. The van der Waals surface area contributed by atoms with Crippen LogP contribution in [0.25, 0.3) is 0 Å². The van der Waals surface area contributed by atoms with Gasteiger partial charge in [0.25, 0.3) is 5.91 Å². The van der Waals surface area contributed by atoms with Crippen LogP contribution < -0.4 is 10.2 Å². The Morgan fingerprint density at radius 1 is 1.24 bits per heavy atom. The van der Waals surface area contributed by atoms with Gasteiger partial charge < -0.3 is 5.32 Å². The minimum atomic E-state index is -1.16. The molecule has 0 aromatic heterocycles. The minimum absolute atomic E-state index is 0.269. The predicted octanol–water partition coefficient (Wildman–Crippen LogP) is 2.37. The van der Waals surface area contributed by atoms with Crippen molar-refractivity contribution < 1.29 is 18.4 Å². The fraction of sp³-hybridized carbons (Fsp3) is 0.467. The van der Waals surface area contributed by atoms with E-state index < -0.39 is 40.7 Å².